The molecule has 0 radical (unpaired) electrons. The molecule has 0 spiro atoms. The van der Waals surface area contributed by atoms with Gasteiger partial charge in [0.15, 0.2) is 0 Å². The van der Waals surface area contributed by atoms with Gasteiger partial charge >= 0.3 is 0 Å². The highest BCUT2D eigenvalue weighted by Crippen LogP contribution is 2.33. The summed E-state index contributed by atoms with van der Waals surface area (Å²) in [4.78, 5) is 4.37. The molecule has 0 saturated carbocycles. The molecule has 98 valence electrons. The monoisotopic (exact) mass is 260 g/mol. The lowest BCUT2D eigenvalue weighted by Crippen LogP contribution is -2.04. The molecule has 1 atom stereocenters. The number of nitrogens with two attached hydrogens (primary N) is 1. The van der Waals surface area contributed by atoms with Gasteiger partial charge in [-0.15, -0.1) is 0 Å². The van der Waals surface area contributed by atoms with Gasteiger partial charge in [0.25, 0.3) is 0 Å². The summed E-state index contributed by atoms with van der Waals surface area (Å²) in [6.07, 6.45) is 4.00. The van der Waals surface area contributed by atoms with E-state index in [1.165, 1.54) is 27.6 Å². The fraction of sp³-hybridized carbons (Fsp3) is 0.167. The molecular weight excluding hydrogens is 244 g/mol. The zero-order chi connectivity index (χ0) is 13.5. The summed E-state index contributed by atoms with van der Waals surface area (Å²) in [5.41, 5.74) is 12.4. The maximum atomic E-state index is 6.10. The van der Waals surface area contributed by atoms with E-state index in [-0.39, 0.29) is 6.04 Å². The van der Waals surface area contributed by atoms with Crippen molar-refractivity contribution in [1.82, 2.24) is 4.98 Å². The van der Waals surface area contributed by atoms with Crippen LogP contribution in [0.15, 0.2) is 54.7 Å². The molecule has 0 fully saturated rings. The van der Waals surface area contributed by atoms with Crippen molar-refractivity contribution in [2.45, 2.75) is 18.9 Å². The Balaban J connectivity index is 1.83. The van der Waals surface area contributed by atoms with E-state index in [1.54, 1.807) is 0 Å². The molecule has 3 aromatic rings. The van der Waals surface area contributed by atoms with Gasteiger partial charge in [-0.2, -0.15) is 0 Å². The number of aromatic nitrogens is 1. The Kier molecular flexibility index (Phi) is 2.57. The standard InChI is InChI=1S/C18H16N2/c19-17-7-4-14-10-12(3-6-16(14)17)13-5-8-18-15(11-13)2-1-9-20-18/h1-3,5-6,8-11,17H,4,7,19H2. The first kappa shape index (κ1) is 11.6. The van der Waals surface area contributed by atoms with E-state index in [1.807, 2.05) is 12.3 Å². The first-order chi connectivity index (χ1) is 9.81. The van der Waals surface area contributed by atoms with Crippen molar-refractivity contribution >= 4 is 10.9 Å². The molecule has 1 aliphatic rings. The van der Waals surface area contributed by atoms with E-state index >= 15 is 0 Å². The summed E-state index contributed by atoms with van der Waals surface area (Å²) in [5, 5.41) is 1.18. The van der Waals surface area contributed by atoms with Crippen LogP contribution >= 0.6 is 0 Å². The van der Waals surface area contributed by atoms with Gasteiger partial charge in [-0.25, -0.2) is 0 Å². The lowest BCUT2D eigenvalue weighted by atomic mass is 9.99. The van der Waals surface area contributed by atoms with Crippen molar-refractivity contribution in [1.29, 1.82) is 0 Å². The Hall–Kier alpha value is -2.19. The SMILES string of the molecule is NC1CCc2cc(-c3ccc4ncccc4c3)ccc21. The fourth-order valence-electron chi connectivity index (χ4n) is 3.09. The molecule has 1 aromatic heterocycles. The zero-order valence-corrected chi connectivity index (χ0v) is 11.2. The number of rotatable bonds is 1. The van der Waals surface area contributed by atoms with Crippen LogP contribution in [0.4, 0.5) is 0 Å². The van der Waals surface area contributed by atoms with E-state index in [0.29, 0.717) is 0 Å². The molecule has 4 rings (SSSR count). The van der Waals surface area contributed by atoms with Crippen molar-refractivity contribution in [3.05, 3.63) is 65.9 Å². The summed E-state index contributed by atoms with van der Waals surface area (Å²) in [6.45, 7) is 0. The lowest BCUT2D eigenvalue weighted by molar-refractivity contribution is 0.713. The van der Waals surface area contributed by atoms with E-state index in [4.69, 9.17) is 5.73 Å². The van der Waals surface area contributed by atoms with Crippen LogP contribution in [-0.2, 0) is 6.42 Å². The molecule has 20 heavy (non-hydrogen) atoms. The Labute approximate surface area is 118 Å². The molecule has 2 aromatic carbocycles. The molecule has 0 aliphatic heterocycles. The number of fused-ring (bicyclic) bond motifs is 2. The number of benzene rings is 2. The molecule has 0 saturated heterocycles. The van der Waals surface area contributed by atoms with Crippen LogP contribution in [0.2, 0.25) is 0 Å². The second-order valence-electron chi connectivity index (χ2n) is 5.47. The number of nitrogens with zero attached hydrogens (tertiary/aromatic N) is 1. The molecule has 1 unspecified atom stereocenters. The third-order valence-electron chi connectivity index (χ3n) is 4.20. The number of hydrogen-bond donors (Lipinski definition) is 1. The Bertz CT molecular complexity index is 792. The molecular formula is C18H16N2. The molecule has 1 aliphatic carbocycles. The van der Waals surface area contributed by atoms with Gasteiger partial charge < -0.3 is 5.73 Å². The topological polar surface area (TPSA) is 38.9 Å². The van der Waals surface area contributed by atoms with Crippen LogP contribution < -0.4 is 5.73 Å². The largest absolute Gasteiger partial charge is 0.324 e. The first-order valence-corrected chi connectivity index (χ1v) is 7.05. The third kappa shape index (κ3) is 1.81. The van der Waals surface area contributed by atoms with Crippen molar-refractivity contribution < 1.29 is 0 Å². The molecule has 2 heteroatoms. The molecule has 0 amide bonds. The maximum absolute atomic E-state index is 6.10. The molecule has 2 N–H and O–H groups in total. The predicted molar refractivity (Wildman–Crippen MR) is 82.4 cm³/mol. The Morgan fingerprint density at radius 1 is 1.00 bits per heavy atom. The van der Waals surface area contributed by atoms with Crippen LogP contribution in [-0.4, -0.2) is 4.98 Å². The normalized spacial score (nSPS) is 17.4. The van der Waals surface area contributed by atoms with Crippen molar-refractivity contribution in [3.63, 3.8) is 0 Å². The number of hydrogen-bond acceptors (Lipinski definition) is 2. The Morgan fingerprint density at radius 2 is 1.85 bits per heavy atom. The third-order valence-corrected chi connectivity index (χ3v) is 4.20. The highest BCUT2D eigenvalue weighted by Gasteiger charge is 2.18. The van der Waals surface area contributed by atoms with Gasteiger partial charge in [-0.3, -0.25) is 4.98 Å². The maximum Gasteiger partial charge on any atom is 0.0702 e. The average molecular weight is 260 g/mol. The van der Waals surface area contributed by atoms with Crippen LogP contribution in [0.3, 0.4) is 0 Å². The minimum absolute atomic E-state index is 0.222. The highest BCUT2D eigenvalue weighted by atomic mass is 14.6. The van der Waals surface area contributed by atoms with E-state index in [9.17, 15) is 0 Å². The van der Waals surface area contributed by atoms with E-state index in [2.05, 4.69) is 47.4 Å². The second-order valence-corrected chi connectivity index (χ2v) is 5.47. The smallest absolute Gasteiger partial charge is 0.0702 e. The van der Waals surface area contributed by atoms with Crippen LogP contribution in [0.1, 0.15) is 23.6 Å². The quantitative estimate of drug-likeness (QED) is 0.721. The van der Waals surface area contributed by atoms with Gasteiger partial charge in [0, 0.05) is 17.6 Å². The van der Waals surface area contributed by atoms with Crippen molar-refractivity contribution in [2.75, 3.05) is 0 Å². The number of aryl methyl sites for hydroxylation is 1. The van der Waals surface area contributed by atoms with Crippen molar-refractivity contribution in [3.8, 4) is 11.1 Å². The number of pyridine rings is 1. The summed E-state index contributed by atoms with van der Waals surface area (Å²) >= 11 is 0. The summed E-state index contributed by atoms with van der Waals surface area (Å²) in [5.74, 6) is 0. The average Bonchev–Trinajstić information content (AvgIpc) is 2.88. The molecule has 0 bridgehead atoms. The van der Waals surface area contributed by atoms with Gasteiger partial charge in [-0.1, -0.05) is 30.3 Å². The second kappa shape index (κ2) is 4.43. The minimum Gasteiger partial charge on any atom is -0.324 e. The fourth-order valence-corrected chi connectivity index (χ4v) is 3.09. The first-order valence-electron chi connectivity index (χ1n) is 7.05. The van der Waals surface area contributed by atoms with Crippen LogP contribution in [0.5, 0.6) is 0 Å². The van der Waals surface area contributed by atoms with Crippen LogP contribution in [0, 0.1) is 0 Å². The van der Waals surface area contributed by atoms with Crippen molar-refractivity contribution in [2.24, 2.45) is 5.73 Å². The minimum atomic E-state index is 0.222. The van der Waals surface area contributed by atoms with E-state index < -0.39 is 0 Å². The predicted octanol–water partition coefficient (Wildman–Crippen LogP) is 3.85. The van der Waals surface area contributed by atoms with Gasteiger partial charge in [0.2, 0.25) is 0 Å². The van der Waals surface area contributed by atoms with Gasteiger partial charge in [0.05, 0.1) is 5.52 Å². The van der Waals surface area contributed by atoms with E-state index in [0.717, 1.165) is 18.4 Å². The van der Waals surface area contributed by atoms with Gasteiger partial charge in [0.1, 0.15) is 0 Å². The molecule has 1 heterocycles. The Morgan fingerprint density at radius 3 is 2.80 bits per heavy atom. The summed E-state index contributed by atoms with van der Waals surface area (Å²) in [6, 6.07) is 17.4. The summed E-state index contributed by atoms with van der Waals surface area (Å²) < 4.78 is 0. The zero-order valence-electron chi connectivity index (χ0n) is 11.2. The lowest BCUT2D eigenvalue weighted by Gasteiger charge is -2.08. The summed E-state index contributed by atoms with van der Waals surface area (Å²) in [7, 11) is 0. The molecule has 2 nitrogen and oxygen atoms in total. The highest BCUT2D eigenvalue weighted by molar-refractivity contribution is 5.84. The van der Waals surface area contributed by atoms with Crippen LogP contribution in [0.25, 0.3) is 22.0 Å². The van der Waals surface area contributed by atoms with Gasteiger partial charge in [-0.05, 0) is 53.3 Å².